The Balaban J connectivity index is 2.54. The second kappa shape index (κ2) is 6.24. The maximum absolute atomic E-state index is 13.8. The first-order chi connectivity index (χ1) is 10.1. The van der Waals surface area contributed by atoms with Gasteiger partial charge in [-0.1, -0.05) is 12.1 Å². The fraction of sp³-hybridized carbons (Fsp3) is 0.0714. The van der Waals surface area contributed by atoms with Crippen molar-refractivity contribution in [2.24, 2.45) is 0 Å². The van der Waals surface area contributed by atoms with Crippen LogP contribution in [-0.4, -0.2) is 11.2 Å². The molecule has 0 aliphatic heterocycles. The molecule has 0 radical (unpaired) electrons. The lowest BCUT2D eigenvalue weighted by atomic mass is 10.2. The number of rotatable bonds is 4. The number of nitrogens with zero attached hydrogens (tertiary/aromatic N) is 2. The molecule has 0 aromatic heterocycles. The molecule has 0 N–H and O–H groups in total. The van der Waals surface area contributed by atoms with Crippen molar-refractivity contribution in [3.05, 3.63) is 57.9 Å². The quantitative estimate of drug-likeness (QED) is 0.482. The van der Waals surface area contributed by atoms with Crippen molar-refractivity contribution in [2.45, 2.75) is 4.90 Å². The molecular weight excluding hydrogens is 295 g/mol. The molecule has 0 heterocycles. The normalized spacial score (nSPS) is 9.95. The van der Waals surface area contributed by atoms with Crippen LogP contribution in [0.3, 0.4) is 0 Å². The first-order valence-corrected chi connectivity index (χ1v) is 6.98. The van der Waals surface area contributed by atoms with Crippen LogP contribution in [0.15, 0.2) is 41.3 Å². The summed E-state index contributed by atoms with van der Waals surface area (Å²) in [5.41, 5.74) is -0.281. The van der Waals surface area contributed by atoms with Gasteiger partial charge in [-0.15, -0.1) is 11.8 Å². The maximum Gasteiger partial charge on any atom is 0.314 e. The number of thioether (sulfide) groups is 1. The van der Waals surface area contributed by atoms with Crippen molar-refractivity contribution in [3.8, 4) is 17.6 Å². The van der Waals surface area contributed by atoms with Gasteiger partial charge in [0.05, 0.1) is 4.92 Å². The zero-order valence-electron chi connectivity index (χ0n) is 10.9. The minimum atomic E-state index is -0.859. The second-order valence-corrected chi connectivity index (χ2v) is 4.74. The minimum absolute atomic E-state index is 0.0811. The molecule has 0 amide bonds. The number of para-hydroxylation sites is 1. The molecule has 2 aromatic carbocycles. The van der Waals surface area contributed by atoms with E-state index in [9.17, 15) is 19.8 Å². The molecule has 0 saturated carbocycles. The molecule has 5 nitrogen and oxygen atoms in total. The summed E-state index contributed by atoms with van der Waals surface area (Å²) in [5.74, 6) is -1.28. The first kappa shape index (κ1) is 14.8. The highest BCUT2D eigenvalue weighted by Gasteiger charge is 2.21. The molecule has 2 aromatic rings. The molecule has 0 bridgehead atoms. The Labute approximate surface area is 124 Å². The molecule has 0 aliphatic rings. The fourth-order valence-electron chi connectivity index (χ4n) is 1.73. The van der Waals surface area contributed by atoms with E-state index in [4.69, 9.17) is 4.74 Å². The number of benzene rings is 2. The third-order valence-electron chi connectivity index (χ3n) is 2.67. The molecule has 0 atom stereocenters. The Kier molecular flexibility index (Phi) is 4.40. The van der Waals surface area contributed by atoms with Crippen LogP contribution in [0.2, 0.25) is 0 Å². The highest BCUT2D eigenvalue weighted by molar-refractivity contribution is 7.98. The average Bonchev–Trinajstić information content (AvgIpc) is 2.48. The lowest BCUT2D eigenvalue weighted by molar-refractivity contribution is -0.385. The molecule has 2 rings (SSSR count). The number of ether oxygens (including phenoxy) is 1. The van der Waals surface area contributed by atoms with Gasteiger partial charge in [0, 0.05) is 11.0 Å². The molecule has 0 saturated heterocycles. The summed E-state index contributed by atoms with van der Waals surface area (Å²) in [6.45, 7) is 0. The van der Waals surface area contributed by atoms with E-state index in [1.165, 1.54) is 23.9 Å². The summed E-state index contributed by atoms with van der Waals surface area (Å²) in [6, 6.07) is 10.2. The Hall–Kier alpha value is -2.59. The zero-order chi connectivity index (χ0) is 15.4. The molecule has 0 spiro atoms. The van der Waals surface area contributed by atoms with Crippen LogP contribution in [0, 0.1) is 27.3 Å². The highest BCUT2D eigenvalue weighted by Crippen LogP contribution is 2.37. The largest absolute Gasteiger partial charge is 0.446 e. The topological polar surface area (TPSA) is 76.2 Å². The van der Waals surface area contributed by atoms with Crippen LogP contribution in [-0.2, 0) is 0 Å². The maximum atomic E-state index is 13.8. The van der Waals surface area contributed by atoms with Crippen LogP contribution in [0.4, 0.5) is 10.1 Å². The van der Waals surface area contributed by atoms with Crippen LogP contribution in [0.1, 0.15) is 5.56 Å². The van der Waals surface area contributed by atoms with E-state index in [0.717, 1.165) is 12.1 Å². The lowest BCUT2D eigenvalue weighted by Gasteiger charge is -2.10. The van der Waals surface area contributed by atoms with Crippen molar-refractivity contribution >= 4 is 17.4 Å². The van der Waals surface area contributed by atoms with Crippen molar-refractivity contribution < 1.29 is 14.1 Å². The van der Waals surface area contributed by atoms with Gasteiger partial charge in [-0.2, -0.15) is 5.26 Å². The van der Waals surface area contributed by atoms with Gasteiger partial charge in [0.15, 0.2) is 5.82 Å². The number of hydrogen-bond donors (Lipinski definition) is 0. The monoisotopic (exact) mass is 304 g/mol. The van der Waals surface area contributed by atoms with Crippen LogP contribution >= 0.6 is 11.8 Å². The Morgan fingerprint density at radius 1 is 1.33 bits per heavy atom. The summed E-state index contributed by atoms with van der Waals surface area (Å²) in [5, 5.41) is 20.1. The van der Waals surface area contributed by atoms with E-state index in [-0.39, 0.29) is 11.3 Å². The second-order valence-electron chi connectivity index (χ2n) is 3.89. The third kappa shape index (κ3) is 2.95. The van der Waals surface area contributed by atoms with Gasteiger partial charge in [-0.3, -0.25) is 10.1 Å². The highest BCUT2D eigenvalue weighted by atomic mass is 32.2. The third-order valence-corrected chi connectivity index (χ3v) is 3.45. The van der Waals surface area contributed by atoms with Crippen LogP contribution < -0.4 is 4.74 Å². The van der Waals surface area contributed by atoms with E-state index in [1.807, 2.05) is 6.07 Å². The predicted octanol–water partition coefficient (Wildman–Crippen LogP) is 4.12. The summed E-state index contributed by atoms with van der Waals surface area (Å²) in [7, 11) is 0. The molecule has 0 fully saturated rings. The molecule has 21 heavy (non-hydrogen) atoms. The van der Waals surface area contributed by atoms with Gasteiger partial charge < -0.3 is 4.74 Å². The zero-order valence-corrected chi connectivity index (χ0v) is 11.7. The number of nitro groups is 1. The Bertz CT molecular complexity index is 743. The number of nitro benzene ring substituents is 1. The summed E-state index contributed by atoms with van der Waals surface area (Å²) in [4.78, 5) is 10.8. The minimum Gasteiger partial charge on any atom is -0.446 e. The molecule has 7 heteroatoms. The van der Waals surface area contributed by atoms with E-state index in [1.54, 1.807) is 18.4 Å². The van der Waals surface area contributed by atoms with E-state index < -0.39 is 22.2 Å². The Morgan fingerprint density at radius 3 is 2.67 bits per heavy atom. The van der Waals surface area contributed by atoms with Gasteiger partial charge in [0.2, 0.25) is 5.75 Å². The van der Waals surface area contributed by atoms with E-state index in [2.05, 4.69) is 0 Å². The summed E-state index contributed by atoms with van der Waals surface area (Å²) in [6.07, 6.45) is 1.78. The Morgan fingerprint density at radius 2 is 2.05 bits per heavy atom. The SMILES string of the molecule is CSc1cccc(Oc2c(F)cccc2[N+](=O)[O-])c1C#N. The smallest absolute Gasteiger partial charge is 0.314 e. The number of nitriles is 1. The molecule has 106 valence electrons. The van der Waals surface area contributed by atoms with Crippen LogP contribution in [0.25, 0.3) is 0 Å². The van der Waals surface area contributed by atoms with Crippen molar-refractivity contribution in [2.75, 3.05) is 6.26 Å². The van der Waals surface area contributed by atoms with E-state index >= 15 is 0 Å². The van der Waals surface area contributed by atoms with Gasteiger partial charge in [-0.05, 0) is 24.5 Å². The molecule has 0 unspecified atom stereocenters. The van der Waals surface area contributed by atoms with Gasteiger partial charge in [-0.25, -0.2) is 4.39 Å². The molecular formula is C14H9FN2O3S. The standard InChI is InChI=1S/C14H9FN2O3S/c1-21-13-7-3-6-12(9(13)8-16)20-14-10(15)4-2-5-11(14)17(18)19/h2-7H,1H3. The van der Waals surface area contributed by atoms with Gasteiger partial charge >= 0.3 is 5.69 Å². The number of halogens is 1. The predicted molar refractivity (Wildman–Crippen MR) is 76.1 cm³/mol. The first-order valence-electron chi connectivity index (χ1n) is 5.76. The summed E-state index contributed by atoms with van der Waals surface area (Å²) < 4.78 is 19.1. The summed E-state index contributed by atoms with van der Waals surface area (Å²) >= 11 is 1.33. The molecule has 0 aliphatic carbocycles. The van der Waals surface area contributed by atoms with Crippen molar-refractivity contribution in [3.63, 3.8) is 0 Å². The fourth-order valence-corrected chi connectivity index (χ4v) is 2.29. The average molecular weight is 304 g/mol. The number of hydrogen-bond acceptors (Lipinski definition) is 5. The van der Waals surface area contributed by atoms with Crippen LogP contribution in [0.5, 0.6) is 11.5 Å². The van der Waals surface area contributed by atoms with Crippen molar-refractivity contribution in [1.29, 1.82) is 5.26 Å². The van der Waals surface area contributed by atoms with Gasteiger partial charge in [0.1, 0.15) is 17.4 Å². The van der Waals surface area contributed by atoms with Crippen molar-refractivity contribution in [1.82, 2.24) is 0 Å². The van der Waals surface area contributed by atoms with E-state index in [0.29, 0.717) is 4.90 Å². The lowest BCUT2D eigenvalue weighted by Crippen LogP contribution is -1.97. The van der Waals surface area contributed by atoms with Gasteiger partial charge in [0.25, 0.3) is 0 Å².